The molecule has 0 aliphatic carbocycles. The lowest BCUT2D eigenvalue weighted by atomic mass is 10.1. The summed E-state index contributed by atoms with van der Waals surface area (Å²) >= 11 is 0. The smallest absolute Gasteiger partial charge is 0.238 e. The molecule has 1 atom stereocenters. The molecule has 0 aliphatic heterocycles. The fraction of sp³-hybridized carbons (Fsp3) is 0.529. The average Bonchev–Trinajstić information content (AvgIpc) is 2.47. The van der Waals surface area contributed by atoms with Gasteiger partial charge in [-0.2, -0.15) is 0 Å². The van der Waals surface area contributed by atoms with Gasteiger partial charge in [0.25, 0.3) is 0 Å². The Morgan fingerprint density at radius 3 is 2.17 bits per heavy atom. The van der Waals surface area contributed by atoms with Gasteiger partial charge in [0, 0.05) is 11.7 Å². The number of anilines is 1. The minimum atomic E-state index is -0.164. The third-order valence-corrected chi connectivity index (χ3v) is 3.59. The van der Waals surface area contributed by atoms with Gasteiger partial charge in [-0.25, -0.2) is 0 Å². The number of carbonyl (C=O) groups is 2. The van der Waals surface area contributed by atoms with Gasteiger partial charge in [0.15, 0.2) is 0 Å². The monoisotopic (exact) mass is 321 g/mol. The first-order chi connectivity index (χ1) is 10.8. The number of carbonyl (C=O) groups excluding carboxylic acids is 2. The van der Waals surface area contributed by atoms with Crippen molar-refractivity contribution in [1.29, 1.82) is 0 Å². The van der Waals surface area contributed by atoms with E-state index in [9.17, 15) is 9.59 Å². The molecule has 0 bridgehead atoms. The summed E-state index contributed by atoms with van der Waals surface area (Å²) in [4.78, 5) is 25.5. The van der Waals surface area contributed by atoms with Crippen LogP contribution in [0.4, 0.5) is 5.69 Å². The molecule has 1 aromatic rings. The molecule has 0 unspecified atom stereocenters. The van der Waals surface area contributed by atoms with Crippen molar-refractivity contribution in [3.63, 3.8) is 0 Å². The summed E-state index contributed by atoms with van der Waals surface area (Å²) in [6.07, 6.45) is 0. The zero-order chi connectivity index (χ0) is 17.4. The Kier molecular flexibility index (Phi) is 7.54. The predicted molar refractivity (Wildman–Crippen MR) is 91.6 cm³/mol. The first-order valence-corrected chi connectivity index (χ1v) is 7.73. The molecule has 0 saturated heterocycles. The number of ether oxygens (including phenoxy) is 1. The van der Waals surface area contributed by atoms with E-state index in [1.165, 1.54) is 0 Å². The van der Waals surface area contributed by atoms with Gasteiger partial charge in [-0.15, -0.1) is 0 Å². The van der Waals surface area contributed by atoms with Crippen molar-refractivity contribution >= 4 is 17.5 Å². The van der Waals surface area contributed by atoms with Crippen molar-refractivity contribution in [2.24, 2.45) is 5.92 Å². The summed E-state index contributed by atoms with van der Waals surface area (Å²) in [5.74, 6) is 0.868. The molecule has 0 radical (unpaired) electrons. The van der Waals surface area contributed by atoms with Crippen LogP contribution in [0.1, 0.15) is 20.8 Å². The first kappa shape index (κ1) is 19.0. The molecule has 1 aromatic carbocycles. The lowest BCUT2D eigenvalue weighted by Crippen LogP contribution is -2.43. The van der Waals surface area contributed by atoms with Gasteiger partial charge < -0.3 is 15.4 Å². The van der Waals surface area contributed by atoms with E-state index in [-0.39, 0.29) is 30.9 Å². The van der Waals surface area contributed by atoms with Crippen molar-refractivity contribution < 1.29 is 14.3 Å². The zero-order valence-electron chi connectivity index (χ0n) is 14.6. The number of likely N-dealkylation sites (N-methyl/N-ethyl adjacent to an activating group) is 1. The molecule has 1 rings (SSSR count). The number of methoxy groups -OCH3 is 1. The topological polar surface area (TPSA) is 70.7 Å². The van der Waals surface area contributed by atoms with Crippen molar-refractivity contribution in [1.82, 2.24) is 10.2 Å². The Balaban J connectivity index is 2.39. The molecule has 0 fully saturated rings. The number of amides is 2. The molecule has 0 saturated carbocycles. The SMILES string of the molecule is COc1ccc(NC(=O)CN(C)CC(=O)N[C@H](C)C(C)C)cc1. The van der Waals surface area contributed by atoms with Crippen LogP contribution in [0.25, 0.3) is 0 Å². The summed E-state index contributed by atoms with van der Waals surface area (Å²) in [7, 11) is 3.33. The van der Waals surface area contributed by atoms with Gasteiger partial charge in [0.2, 0.25) is 11.8 Å². The largest absolute Gasteiger partial charge is 0.497 e. The third kappa shape index (κ3) is 7.15. The molecular formula is C17H27N3O3. The van der Waals surface area contributed by atoms with Gasteiger partial charge in [0.1, 0.15) is 5.75 Å². The number of hydrogen-bond donors (Lipinski definition) is 2. The van der Waals surface area contributed by atoms with Gasteiger partial charge in [-0.05, 0) is 44.2 Å². The first-order valence-electron chi connectivity index (χ1n) is 7.73. The van der Waals surface area contributed by atoms with Crippen LogP contribution in [-0.4, -0.2) is 50.0 Å². The van der Waals surface area contributed by atoms with Crippen LogP contribution in [0.2, 0.25) is 0 Å². The van der Waals surface area contributed by atoms with Crippen LogP contribution in [0.5, 0.6) is 5.75 Å². The molecule has 0 aliphatic rings. The fourth-order valence-electron chi connectivity index (χ4n) is 1.89. The average molecular weight is 321 g/mol. The third-order valence-electron chi connectivity index (χ3n) is 3.59. The van der Waals surface area contributed by atoms with Gasteiger partial charge in [-0.3, -0.25) is 14.5 Å². The zero-order valence-corrected chi connectivity index (χ0v) is 14.6. The van der Waals surface area contributed by atoms with E-state index in [1.807, 2.05) is 6.92 Å². The lowest BCUT2D eigenvalue weighted by Gasteiger charge is -2.20. The number of nitrogens with zero attached hydrogens (tertiary/aromatic N) is 1. The van der Waals surface area contributed by atoms with Crippen LogP contribution in [0.3, 0.4) is 0 Å². The van der Waals surface area contributed by atoms with Crippen molar-refractivity contribution in [2.75, 3.05) is 32.6 Å². The molecule has 0 heterocycles. The van der Waals surface area contributed by atoms with Gasteiger partial charge in [0.05, 0.1) is 20.2 Å². The standard InChI is InChI=1S/C17H27N3O3/c1-12(2)13(3)18-16(21)10-20(4)11-17(22)19-14-6-8-15(23-5)9-7-14/h6-9,12-13H,10-11H2,1-5H3,(H,18,21)(H,19,22)/t13-/m1/s1. The minimum absolute atomic E-state index is 0.0778. The van der Waals surface area contributed by atoms with Crippen LogP contribution >= 0.6 is 0 Å². The van der Waals surface area contributed by atoms with Crippen molar-refractivity contribution in [3.05, 3.63) is 24.3 Å². The van der Waals surface area contributed by atoms with E-state index in [1.54, 1.807) is 43.3 Å². The van der Waals surface area contributed by atoms with E-state index >= 15 is 0 Å². The molecule has 0 spiro atoms. The molecule has 2 amide bonds. The highest BCUT2D eigenvalue weighted by Gasteiger charge is 2.14. The van der Waals surface area contributed by atoms with E-state index in [4.69, 9.17) is 4.74 Å². The van der Waals surface area contributed by atoms with Crippen molar-refractivity contribution in [3.8, 4) is 5.75 Å². The molecule has 23 heavy (non-hydrogen) atoms. The Bertz CT molecular complexity index is 514. The summed E-state index contributed by atoms with van der Waals surface area (Å²) in [5.41, 5.74) is 0.696. The highest BCUT2D eigenvalue weighted by atomic mass is 16.5. The van der Waals surface area contributed by atoms with Crippen LogP contribution < -0.4 is 15.4 Å². The second-order valence-corrected chi connectivity index (χ2v) is 6.05. The second kappa shape index (κ2) is 9.15. The molecule has 6 nitrogen and oxygen atoms in total. The van der Waals surface area contributed by atoms with Crippen LogP contribution in [0, 0.1) is 5.92 Å². The van der Waals surface area contributed by atoms with Crippen molar-refractivity contribution in [2.45, 2.75) is 26.8 Å². The summed E-state index contributed by atoms with van der Waals surface area (Å²) in [6.45, 7) is 6.41. The Morgan fingerprint density at radius 2 is 1.65 bits per heavy atom. The van der Waals surface area contributed by atoms with Gasteiger partial charge in [-0.1, -0.05) is 13.8 Å². The lowest BCUT2D eigenvalue weighted by molar-refractivity contribution is -0.123. The highest BCUT2D eigenvalue weighted by molar-refractivity contribution is 5.92. The van der Waals surface area contributed by atoms with E-state index in [0.29, 0.717) is 11.6 Å². The van der Waals surface area contributed by atoms with E-state index < -0.39 is 0 Å². The Hall–Kier alpha value is -2.08. The fourth-order valence-corrected chi connectivity index (χ4v) is 1.89. The van der Waals surface area contributed by atoms with Crippen LogP contribution in [-0.2, 0) is 9.59 Å². The van der Waals surface area contributed by atoms with E-state index in [2.05, 4.69) is 24.5 Å². The summed E-state index contributed by atoms with van der Waals surface area (Å²) < 4.78 is 5.07. The number of hydrogen-bond acceptors (Lipinski definition) is 4. The molecule has 2 N–H and O–H groups in total. The second-order valence-electron chi connectivity index (χ2n) is 6.05. The minimum Gasteiger partial charge on any atom is -0.497 e. The molecule has 128 valence electrons. The normalized spacial score (nSPS) is 12.1. The molecule has 0 aromatic heterocycles. The maximum atomic E-state index is 12.0. The highest BCUT2D eigenvalue weighted by Crippen LogP contribution is 2.14. The number of rotatable bonds is 8. The maximum absolute atomic E-state index is 12.0. The number of benzene rings is 1. The predicted octanol–water partition coefficient (Wildman–Crippen LogP) is 1.73. The Labute approximate surface area is 138 Å². The quantitative estimate of drug-likeness (QED) is 0.765. The van der Waals surface area contributed by atoms with Gasteiger partial charge >= 0.3 is 0 Å². The number of nitrogens with one attached hydrogen (secondary N) is 2. The summed E-state index contributed by atoms with van der Waals surface area (Å²) in [5, 5.41) is 5.71. The van der Waals surface area contributed by atoms with Crippen LogP contribution in [0.15, 0.2) is 24.3 Å². The molecular weight excluding hydrogens is 294 g/mol. The Morgan fingerprint density at radius 1 is 1.09 bits per heavy atom. The maximum Gasteiger partial charge on any atom is 0.238 e. The van der Waals surface area contributed by atoms with E-state index in [0.717, 1.165) is 5.75 Å². The molecule has 6 heteroatoms. The summed E-state index contributed by atoms with van der Waals surface area (Å²) in [6, 6.07) is 7.21.